The molecule has 1 heterocycles. The van der Waals surface area contributed by atoms with E-state index in [1.165, 1.54) is 24.3 Å². The molecule has 3 rings (SSSR count). The van der Waals surface area contributed by atoms with Crippen LogP contribution in [-0.4, -0.2) is 10.2 Å². The fraction of sp³-hybridized carbons (Fsp3) is 0. The van der Waals surface area contributed by atoms with E-state index in [4.69, 9.17) is 0 Å². The first kappa shape index (κ1) is 12.4. The van der Waals surface area contributed by atoms with E-state index in [0.29, 0.717) is 22.5 Å². The van der Waals surface area contributed by atoms with Crippen LogP contribution in [0.25, 0.3) is 22.5 Å². The summed E-state index contributed by atoms with van der Waals surface area (Å²) in [7, 11) is 0. The third kappa shape index (κ3) is 2.54. The van der Waals surface area contributed by atoms with Crippen molar-refractivity contribution in [2.75, 3.05) is 0 Å². The van der Waals surface area contributed by atoms with E-state index >= 15 is 0 Å². The molecule has 0 saturated heterocycles. The predicted octanol–water partition coefficient (Wildman–Crippen LogP) is 4.09. The van der Waals surface area contributed by atoms with E-state index in [1.54, 1.807) is 36.4 Å². The molecule has 0 N–H and O–H groups in total. The van der Waals surface area contributed by atoms with Gasteiger partial charge in [-0.25, -0.2) is 8.78 Å². The smallest absolute Gasteiger partial charge is 0.123 e. The number of hydrogen-bond donors (Lipinski definition) is 0. The molecule has 2 aromatic carbocycles. The van der Waals surface area contributed by atoms with Gasteiger partial charge in [-0.1, -0.05) is 24.3 Å². The van der Waals surface area contributed by atoms with Crippen molar-refractivity contribution < 1.29 is 8.78 Å². The normalized spacial score (nSPS) is 10.5. The van der Waals surface area contributed by atoms with Crippen molar-refractivity contribution in [2.45, 2.75) is 0 Å². The van der Waals surface area contributed by atoms with Gasteiger partial charge >= 0.3 is 0 Å². The van der Waals surface area contributed by atoms with E-state index < -0.39 is 0 Å². The summed E-state index contributed by atoms with van der Waals surface area (Å²) >= 11 is 0. The van der Waals surface area contributed by atoms with Crippen LogP contribution in [0.4, 0.5) is 8.78 Å². The first-order valence-corrected chi connectivity index (χ1v) is 6.08. The Bertz CT molecular complexity index is 675. The van der Waals surface area contributed by atoms with E-state index in [-0.39, 0.29) is 11.6 Å². The van der Waals surface area contributed by atoms with E-state index in [2.05, 4.69) is 10.2 Å². The standard InChI is InChI=1S/C16H10F2N2/c17-13-5-1-3-11(9-13)15-7-8-16(20-19-15)12-4-2-6-14(18)10-12/h1-10H. The maximum Gasteiger partial charge on any atom is 0.123 e. The first-order chi connectivity index (χ1) is 9.72. The van der Waals surface area contributed by atoms with Crippen molar-refractivity contribution in [3.05, 3.63) is 72.3 Å². The Kier molecular flexibility index (Phi) is 3.21. The third-order valence-corrected chi connectivity index (χ3v) is 2.91. The number of rotatable bonds is 2. The van der Waals surface area contributed by atoms with Crippen molar-refractivity contribution in [2.24, 2.45) is 0 Å². The van der Waals surface area contributed by atoms with Crippen LogP contribution in [0.15, 0.2) is 60.7 Å². The largest absolute Gasteiger partial charge is 0.207 e. The lowest BCUT2D eigenvalue weighted by Crippen LogP contribution is -1.91. The Hall–Kier alpha value is -2.62. The zero-order valence-corrected chi connectivity index (χ0v) is 10.4. The molecule has 0 saturated carbocycles. The van der Waals surface area contributed by atoms with Gasteiger partial charge in [-0.2, -0.15) is 0 Å². The average Bonchev–Trinajstić information content (AvgIpc) is 2.47. The Morgan fingerprint density at radius 1 is 0.600 bits per heavy atom. The molecule has 0 atom stereocenters. The number of halogens is 2. The van der Waals surface area contributed by atoms with Gasteiger partial charge in [0.2, 0.25) is 0 Å². The summed E-state index contributed by atoms with van der Waals surface area (Å²) in [4.78, 5) is 0. The molecule has 0 bridgehead atoms. The van der Waals surface area contributed by atoms with Crippen LogP contribution in [0.5, 0.6) is 0 Å². The molecule has 0 amide bonds. The number of aromatic nitrogens is 2. The molecular weight excluding hydrogens is 258 g/mol. The van der Waals surface area contributed by atoms with Gasteiger partial charge in [-0.3, -0.25) is 0 Å². The number of nitrogens with zero attached hydrogens (tertiary/aromatic N) is 2. The van der Waals surface area contributed by atoms with Crippen LogP contribution < -0.4 is 0 Å². The number of hydrogen-bond acceptors (Lipinski definition) is 2. The van der Waals surface area contributed by atoms with Gasteiger partial charge in [0.05, 0.1) is 11.4 Å². The minimum atomic E-state index is -0.321. The van der Waals surface area contributed by atoms with Crippen LogP contribution in [0, 0.1) is 11.6 Å². The lowest BCUT2D eigenvalue weighted by molar-refractivity contribution is 0.627. The summed E-state index contributed by atoms with van der Waals surface area (Å²) in [6, 6.07) is 15.8. The Morgan fingerprint density at radius 2 is 1.05 bits per heavy atom. The lowest BCUT2D eigenvalue weighted by Gasteiger charge is -2.03. The lowest BCUT2D eigenvalue weighted by atomic mass is 10.1. The van der Waals surface area contributed by atoms with Gasteiger partial charge in [0.25, 0.3) is 0 Å². The summed E-state index contributed by atoms with van der Waals surface area (Å²) in [5.74, 6) is -0.642. The van der Waals surface area contributed by atoms with Crippen LogP contribution >= 0.6 is 0 Å². The molecule has 0 unspecified atom stereocenters. The highest BCUT2D eigenvalue weighted by molar-refractivity contribution is 5.63. The maximum absolute atomic E-state index is 13.2. The molecular formula is C16H10F2N2. The molecule has 2 nitrogen and oxygen atoms in total. The zero-order valence-electron chi connectivity index (χ0n) is 10.4. The molecule has 1 aromatic heterocycles. The van der Waals surface area contributed by atoms with Crippen molar-refractivity contribution >= 4 is 0 Å². The van der Waals surface area contributed by atoms with Gasteiger partial charge in [-0.05, 0) is 36.4 Å². The maximum atomic E-state index is 13.2. The van der Waals surface area contributed by atoms with Crippen molar-refractivity contribution in [3.63, 3.8) is 0 Å². The van der Waals surface area contributed by atoms with Crippen molar-refractivity contribution in [3.8, 4) is 22.5 Å². The summed E-state index contributed by atoms with van der Waals surface area (Å²) in [5, 5.41) is 8.11. The van der Waals surface area contributed by atoms with Crippen LogP contribution in [0.3, 0.4) is 0 Å². The molecule has 0 fully saturated rings. The van der Waals surface area contributed by atoms with Crippen LogP contribution in [0.1, 0.15) is 0 Å². The zero-order chi connectivity index (χ0) is 13.9. The topological polar surface area (TPSA) is 25.8 Å². The van der Waals surface area contributed by atoms with Gasteiger partial charge in [0.15, 0.2) is 0 Å². The first-order valence-electron chi connectivity index (χ1n) is 6.08. The van der Waals surface area contributed by atoms with Crippen LogP contribution in [-0.2, 0) is 0 Å². The van der Waals surface area contributed by atoms with Gasteiger partial charge in [-0.15, -0.1) is 10.2 Å². The highest BCUT2D eigenvalue weighted by Crippen LogP contribution is 2.21. The van der Waals surface area contributed by atoms with E-state index in [9.17, 15) is 8.78 Å². The summed E-state index contributed by atoms with van der Waals surface area (Å²) < 4.78 is 26.3. The second-order valence-corrected chi connectivity index (χ2v) is 4.32. The molecule has 3 aromatic rings. The van der Waals surface area contributed by atoms with Gasteiger partial charge in [0.1, 0.15) is 11.6 Å². The molecule has 0 spiro atoms. The highest BCUT2D eigenvalue weighted by atomic mass is 19.1. The second-order valence-electron chi connectivity index (χ2n) is 4.32. The third-order valence-electron chi connectivity index (χ3n) is 2.91. The monoisotopic (exact) mass is 268 g/mol. The van der Waals surface area contributed by atoms with Crippen molar-refractivity contribution in [1.29, 1.82) is 0 Å². The average molecular weight is 268 g/mol. The summed E-state index contributed by atoms with van der Waals surface area (Å²) in [6.07, 6.45) is 0. The molecule has 0 aliphatic heterocycles. The van der Waals surface area contributed by atoms with Crippen molar-refractivity contribution in [1.82, 2.24) is 10.2 Å². The molecule has 4 heteroatoms. The minimum absolute atomic E-state index is 0.321. The fourth-order valence-corrected chi connectivity index (χ4v) is 1.94. The minimum Gasteiger partial charge on any atom is -0.207 e. The van der Waals surface area contributed by atoms with E-state index in [0.717, 1.165) is 0 Å². The predicted molar refractivity (Wildman–Crippen MR) is 72.8 cm³/mol. The Balaban J connectivity index is 1.96. The molecule has 0 aliphatic carbocycles. The molecule has 20 heavy (non-hydrogen) atoms. The highest BCUT2D eigenvalue weighted by Gasteiger charge is 2.04. The Morgan fingerprint density at radius 3 is 1.40 bits per heavy atom. The molecule has 0 aliphatic rings. The fourth-order valence-electron chi connectivity index (χ4n) is 1.94. The summed E-state index contributed by atoms with van der Waals surface area (Å²) in [5.41, 5.74) is 2.46. The van der Waals surface area contributed by atoms with Crippen LogP contribution in [0.2, 0.25) is 0 Å². The Labute approximate surface area is 114 Å². The van der Waals surface area contributed by atoms with Gasteiger partial charge < -0.3 is 0 Å². The van der Waals surface area contributed by atoms with Gasteiger partial charge in [0, 0.05) is 11.1 Å². The quantitative estimate of drug-likeness (QED) is 0.699. The molecule has 0 radical (unpaired) electrons. The second kappa shape index (κ2) is 5.17. The number of benzene rings is 2. The molecule has 98 valence electrons. The summed E-state index contributed by atoms with van der Waals surface area (Å²) in [6.45, 7) is 0. The SMILES string of the molecule is Fc1cccc(-c2ccc(-c3cccc(F)c3)nn2)c1. The van der Waals surface area contributed by atoms with E-state index in [1.807, 2.05) is 0 Å².